The quantitative estimate of drug-likeness (QED) is 0.782. The predicted molar refractivity (Wildman–Crippen MR) is 80.6 cm³/mol. The van der Waals surface area contributed by atoms with E-state index in [1.165, 1.54) is 30.0 Å². The average molecular weight is 328 g/mol. The van der Waals surface area contributed by atoms with Crippen LogP contribution < -0.4 is 4.72 Å². The minimum absolute atomic E-state index is 0.0168. The van der Waals surface area contributed by atoms with Crippen LogP contribution in [0.3, 0.4) is 0 Å². The summed E-state index contributed by atoms with van der Waals surface area (Å²) in [5.74, 6) is -0.676. The van der Waals surface area contributed by atoms with Gasteiger partial charge in [0.25, 0.3) is 0 Å². The molecule has 0 bridgehead atoms. The van der Waals surface area contributed by atoms with Crippen LogP contribution in [0.4, 0.5) is 0 Å². The first-order valence-corrected chi connectivity index (χ1v) is 8.94. The lowest BCUT2D eigenvalue weighted by Crippen LogP contribution is -2.41. The van der Waals surface area contributed by atoms with E-state index in [1.54, 1.807) is 6.92 Å². The van der Waals surface area contributed by atoms with Crippen molar-refractivity contribution in [1.29, 1.82) is 5.26 Å². The van der Waals surface area contributed by atoms with Crippen LogP contribution in [0.1, 0.15) is 17.5 Å². The number of aryl methyl sites for hydroxylation is 1. The van der Waals surface area contributed by atoms with E-state index >= 15 is 0 Å². The molecule has 0 aromatic heterocycles. The van der Waals surface area contributed by atoms with Gasteiger partial charge in [-0.15, -0.1) is 0 Å². The smallest absolute Gasteiger partial charge is 0.321 e. The number of carboxylic acids is 1. The highest BCUT2D eigenvalue weighted by molar-refractivity contribution is 7.98. The Balaban J connectivity index is 3.05. The van der Waals surface area contributed by atoms with Crippen molar-refractivity contribution in [2.24, 2.45) is 0 Å². The molecule has 1 aromatic rings. The predicted octanol–water partition coefficient (Wildman–Crippen LogP) is 1.35. The van der Waals surface area contributed by atoms with Gasteiger partial charge < -0.3 is 5.11 Å². The maximum atomic E-state index is 12.3. The average Bonchev–Trinajstić information content (AvgIpc) is 2.42. The molecule has 1 rings (SSSR count). The summed E-state index contributed by atoms with van der Waals surface area (Å²) >= 11 is 1.44. The zero-order valence-corrected chi connectivity index (χ0v) is 13.3. The van der Waals surface area contributed by atoms with Crippen LogP contribution in [-0.2, 0) is 14.8 Å². The number of rotatable bonds is 7. The van der Waals surface area contributed by atoms with E-state index in [0.717, 1.165) is 0 Å². The molecule has 21 heavy (non-hydrogen) atoms. The molecule has 0 aliphatic carbocycles. The van der Waals surface area contributed by atoms with Gasteiger partial charge in [0.05, 0.1) is 16.5 Å². The third-order valence-corrected chi connectivity index (χ3v) is 5.08. The summed E-state index contributed by atoms with van der Waals surface area (Å²) in [6.45, 7) is 1.56. The van der Waals surface area contributed by atoms with Crippen LogP contribution >= 0.6 is 11.8 Å². The lowest BCUT2D eigenvalue weighted by atomic mass is 10.2. The molecule has 0 radical (unpaired) electrons. The van der Waals surface area contributed by atoms with Crippen LogP contribution in [0, 0.1) is 18.3 Å². The van der Waals surface area contributed by atoms with E-state index < -0.39 is 22.0 Å². The van der Waals surface area contributed by atoms with Gasteiger partial charge in [0, 0.05) is 0 Å². The van der Waals surface area contributed by atoms with Crippen molar-refractivity contribution in [3.63, 3.8) is 0 Å². The molecule has 1 aromatic carbocycles. The molecule has 0 fully saturated rings. The fourth-order valence-electron chi connectivity index (χ4n) is 1.74. The summed E-state index contributed by atoms with van der Waals surface area (Å²) in [7, 11) is -3.94. The van der Waals surface area contributed by atoms with Crippen LogP contribution in [0.5, 0.6) is 0 Å². The van der Waals surface area contributed by atoms with Gasteiger partial charge >= 0.3 is 5.97 Å². The number of sulfonamides is 1. The lowest BCUT2D eigenvalue weighted by Gasteiger charge is -2.15. The van der Waals surface area contributed by atoms with Gasteiger partial charge in [-0.1, -0.05) is 0 Å². The highest BCUT2D eigenvalue weighted by atomic mass is 32.2. The number of aliphatic carboxylic acids is 1. The number of nitrogens with one attached hydrogen (secondary N) is 1. The molecule has 8 heteroatoms. The van der Waals surface area contributed by atoms with E-state index in [2.05, 4.69) is 4.72 Å². The van der Waals surface area contributed by atoms with E-state index in [0.29, 0.717) is 16.9 Å². The van der Waals surface area contributed by atoms with E-state index in [4.69, 9.17) is 10.4 Å². The normalized spacial score (nSPS) is 12.6. The van der Waals surface area contributed by atoms with Crippen molar-refractivity contribution < 1.29 is 18.3 Å². The molecule has 6 nitrogen and oxygen atoms in total. The fourth-order valence-corrected chi connectivity index (χ4v) is 3.66. The first-order valence-electron chi connectivity index (χ1n) is 6.06. The van der Waals surface area contributed by atoms with Crippen LogP contribution in [0.25, 0.3) is 0 Å². The monoisotopic (exact) mass is 328 g/mol. The Morgan fingerprint density at radius 1 is 1.52 bits per heavy atom. The van der Waals surface area contributed by atoms with Crippen molar-refractivity contribution in [1.82, 2.24) is 4.72 Å². The Labute approximate surface area is 128 Å². The third-order valence-electron chi connectivity index (χ3n) is 2.80. The van der Waals surface area contributed by atoms with Gasteiger partial charge in [-0.05, 0) is 49.1 Å². The van der Waals surface area contributed by atoms with Crippen molar-refractivity contribution in [3.05, 3.63) is 29.3 Å². The zero-order valence-electron chi connectivity index (χ0n) is 11.7. The van der Waals surface area contributed by atoms with Gasteiger partial charge in [-0.2, -0.15) is 21.7 Å². The molecule has 0 saturated heterocycles. The Morgan fingerprint density at radius 3 is 2.67 bits per heavy atom. The first-order chi connectivity index (χ1) is 9.81. The van der Waals surface area contributed by atoms with Crippen LogP contribution in [-0.4, -0.2) is 37.5 Å². The Morgan fingerprint density at radius 2 is 2.19 bits per heavy atom. The lowest BCUT2D eigenvalue weighted by molar-refractivity contribution is -0.139. The summed E-state index contributed by atoms with van der Waals surface area (Å²) < 4.78 is 26.7. The number of hydrogen-bond acceptors (Lipinski definition) is 5. The molecule has 114 valence electrons. The summed E-state index contributed by atoms with van der Waals surface area (Å²) in [6.07, 6.45) is 2.02. The SMILES string of the molecule is CSCC[C@H](NS(=O)(=O)c1ccc(C#N)cc1C)C(=O)O. The number of benzene rings is 1. The number of thioether (sulfide) groups is 1. The number of nitriles is 1. The molecular weight excluding hydrogens is 312 g/mol. The summed E-state index contributed by atoms with van der Waals surface area (Å²) in [5.41, 5.74) is 0.749. The van der Waals surface area contributed by atoms with Crippen molar-refractivity contribution >= 4 is 27.8 Å². The summed E-state index contributed by atoms with van der Waals surface area (Å²) in [4.78, 5) is 11.1. The largest absolute Gasteiger partial charge is 0.480 e. The van der Waals surface area contributed by atoms with Crippen molar-refractivity contribution in [2.45, 2.75) is 24.3 Å². The highest BCUT2D eigenvalue weighted by Crippen LogP contribution is 2.17. The molecule has 0 aliphatic rings. The van der Waals surface area contributed by atoms with Crippen LogP contribution in [0.15, 0.2) is 23.1 Å². The Hall–Kier alpha value is -1.56. The molecule has 0 unspecified atom stereocenters. The Kier molecular flexibility index (Phi) is 6.20. The second-order valence-electron chi connectivity index (χ2n) is 4.39. The second kappa shape index (κ2) is 7.45. The summed E-state index contributed by atoms with van der Waals surface area (Å²) in [6, 6.07) is 4.90. The molecule has 2 N–H and O–H groups in total. The maximum absolute atomic E-state index is 12.3. The van der Waals surface area contributed by atoms with Crippen LogP contribution in [0.2, 0.25) is 0 Å². The zero-order chi connectivity index (χ0) is 16.0. The molecule has 0 saturated carbocycles. The van der Waals surface area contributed by atoms with Crippen molar-refractivity contribution in [2.75, 3.05) is 12.0 Å². The minimum atomic E-state index is -3.94. The van der Waals surface area contributed by atoms with E-state index in [-0.39, 0.29) is 11.3 Å². The van der Waals surface area contributed by atoms with Gasteiger partial charge in [-0.3, -0.25) is 4.79 Å². The number of nitrogens with zero attached hydrogens (tertiary/aromatic N) is 1. The van der Waals surface area contributed by atoms with Gasteiger partial charge in [0.1, 0.15) is 6.04 Å². The van der Waals surface area contributed by atoms with E-state index in [1.807, 2.05) is 12.3 Å². The molecule has 0 heterocycles. The molecule has 0 spiro atoms. The molecule has 1 atom stereocenters. The number of carboxylic acid groups (broad SMARTS) is 1. The topological polar surface area (TPSA) is 107 Å². The highest BCUT2D eigenvalue weighted by Gasteiger charge is 2.26. The third kappa shape index (κ3) is 4.74. The molecule has 0 aliphatic heterocycles. The number of carbonyl (C=O) groups is 1. The first kappa shape index (κ1) is 17.5. The standard InChI is InChI=1S/C13H16N2O4S2/c1-9-7-10(8-14)3-4-12(9)21(18,19)15-11(13(16)17)5-6-20-2/h3-4,7,11,15H,5-6H2,1-2H3,(H,16,17)/t11-/m0/s1. The number of hydrogen-bond donors (Lipinski definition) is 2. The minimum Gasteiger partial charge on any atom is -0.480 e. The second-order valence-corrected chi connectivity index (χ2v) is 7.05. The molecule has 0 amide bonds. The van der Waals surface area contributed by atoms with Crippen molar-refractivity contribution in [3.8, 4) is 6.07 Å². The van der Waals surface area contributed by atoms with E-state index in [9.17, 15) is 13.2 Å². The Bertz CT molecular complexity index is 665. The van der Waals surface area contributed by atoms with Gasteiger partial charge in [0.15, 0.2) is 0 Å². The van der Waals surface area contributed by atoms with Gasteiger partial charge in [0.2, 0.25) is 10.0 Å². The maximum Gasteiger partial charge on any atom is 0.321 e. The molecular formula is C13H16N2O4S2. The van der Waals surface area contributed by atoms with Gasteiger partial charge in [-0.25, -0.2) is 8.42 Å². The fraction of sp³-hybridized carbons (Fsp3) is 0.385. The summed E-state index contributed by atoms with van der Waals surface area (Å²) in [5, 5.41) is 17.9.